The Balaban J connectivity index is 2.28. The van der Waals surface area contributed by atoms with Gasteiger partial charge in [0.2, 0.25) is 10.0 Å². The molecular formula is C12H15F2NO3S. The van der Waals surface area contributed by atoms with Crippen LogP contribution in [0.5, 0.6) is 0 Å². The van der Waals surface area contributed by atoms with Crippen LogP contribution in [0.25, 0.3) is 0 Å². The highest BCUT2D eigenvalue weighted by atomic mass is 32.2. The molecule has 0 radical (unpaired) electrons. The van der Waals surface area contributed by atoms with Crippen molar-refractivity contribution in [3.05, 3.63) is 29.8 Å². The summed E-state index contributed by atoms with van der Waals surface area (Å²) in [5.74, 6) is -2.00. The van der Waals surface area contributed by atoms with E-state index in [0.29, 0.717) is 12.5 Å². The van der Waals surface area contributed by atoms with E-state index in [2.05, 4.69) is 0 Å². The van der Waals surface area contributed by atoms with Gasteiger partial charge in [-0.25, -0.2) is 17.2 Å². The lowest BCUT2D eigenvalue weighted by atomic mass is 10.0. The average molecular weight is 291 g/mol. The van der Waals surface area contributed by atoms with Gasteiger partial charge in [-0.3, -0.25) is 0 Å². The van der Waals surface area contributed by atoms with Crippen LogP contribution in [-0.4, -0.2) is 37.0 Å². The smallest absolute Gasteiger partial charge is 0.243 e. The summed E-state index contributed by atoms with van der Waals surface area (Å²) >= 11 is 0. The number of halogens is 2. The van der Waals surface area contributed by atoms with Gasteiger partial charge in [-0.05, 0) is 31.4 Å². The second kappa shape index (κ2) is 5.15. The van der Waals surface area contributed by atoms with Crippen LogP contribution in [0, 0.1) is 17.6 Å². The van der Waals surface area contributed by atoms with Crippen molar-refractivity contribution in [3.63, 3.8) is 0 Å². The topological polar surface area (TPSA) is 57.6 Å². The van der Waals surface area contributed by atoms with E-state index < -0.39 is 32.7 Å². The van der Waals surface area contributed by atoms with Crippen LogP contribution in [0.3, 0.4) is 0 Å². The third kappa shape index (κ3) is 2.93. The summed E-state index contributed by atoms with van der Waals surface area (Å²) in [4.78, 5) is -0.392. The maximum Gasteiger partial charge on any atom is 0.243 e. The van der Waals surface area contributed by atoms with E-state index in [1.807, 2.05) is 0 Å². The number of aliphatic hydroxyl groups is 1. The van der Waals surface area contributed by atoms with Crippen molar-refractivity contribution in [3.8, 4) is 0 Å². The Morgan fingerprint density at radius 3 is 2.37 bits per heavy atom. The van der Waals surface area contributed by atoms with Gasteiger partial charge in [0.15, 0.2) is 0 Å². The monoisotopic (exact) mass is 291 g/mol. The molecule has 1 N–H and O–H groups in total. The number of hydrogen-bond acceptors (Lipinski definition) is 3. The number of aliphatic hydroxyl groups excluding tert-OH is 1. The number of benzene rings is 1. The molecule has 2 atom stereocenters. The number of nitrogens with zero attached hydrogens (tertiary/aromatic N) is 1. The Morgan fingerprint density at radius 2 is 1.89 bits per heavy atom. The van der Waals surface area contributed by atoms with Gasteiger partial charge in [-0.1, -0.05) is 0 Å². The van der Waals surface area contributed by atoms with Crippen molar-refractivity contribution >= 4 is 10.0 Å². The fraction of sp³-hybridized carbons (Fsp3) is 0.500. The number of hydrogen-bond donors (Lipinski definition) is 1. The van der Waals surface area contributed by atoms with Crippen LogP contribution in [-0.2, 0) is 10.0 Å². The maximum absolute atomic E-state index is 13.1. The van der Waals surface area contributed by atoms with Gasteiger partial charge in [0.1, 0.15) is 11.6 Å². The molecule has 0 saturated carbocycles. The molecule has 0 amide bonds. The van der Waals surface area contributed by atoms with Gasteiger partial charge in [-0.2, -0.15) is 4.31 Å². The molecule has 4 nitrogen and oxygen atoms in total. The first-order chi connectivity index (χ1) is 8.80. The first-order valence-corrected chi connectivity index (χ1v) is 7.39. The van der Waals surface area contributed by atoms with E-state index in [1.54, 1.807) is 6.92 Å². The van der Waals surface area contributed by atoms with Gasteiger partial charge in [0.05, 0.1) is 11.0 Å². The van der Waals surface area contributed by atoms with Crippen LogP contribution in [0.4, 0.5) is 8.78 Å². The quantitative estimate of drug-likeness (QED) is 0.914. The summed E-state index contributed by atoms with van der Waals surface area (Å²) in [6.07, 6.45) is -0.0706. The Hall–Kier alpha value is -1.05. The highest BCUT2D eigenvalue weighted by molar-refractivity contribution is 7.89. The van der Waals surface area contributed by atoms with Crippen molar-refractivity contribution < 1.29 is 22.3 Å². The third-order valence-corrected chi connectivity index (χ3v) is 5.19. The summed E-state index contributed by atoms with van der Waals surface area (Å²) in [7, 11) is -3.91. The lowest BCUT2D eigenvalue weighted by molar-refractivity contribution is 0.133. The summed E-state index contributed by atoms with van der Waals surface area (Å²) < 4.78 is 51.8. The third-order valence-electron chi connectivity index (χ3n) is 3.34. The Bertz CT molecular complexity index is 554. The highest BCUT2D eigenvalue weighted by Gasteiger charge is 2.34. The lowest BCUT2D eigenvalue weighted by Gasteiger charge is -2.17. The van der Waals surface area contributed by atoms with E-state index >= 15 is 0 Å². The summed E-state index contributed by atoms with van der Waals surface area (Å²) in [6, 6.07) is 2.23. The Labute approximate surface area is 110 Å². The van der Waals surface area contributed by atoms with Crippen LogP contribution in [0.1, 0.15) is 13.3 Å². The van der Waals surface area contributed by atoms with Gasteiger partial charge in [-0.15, -0.1) is 0 Å². The van der Waals surface area contributed by atoms with Crippen LogP contribution in [0.15, 0.2) is 23.1 Å². The minimum atomic E-state index is -3.91. The van der Waals surface area contributed by atoms with E-state index in [1.165, 1.54) is 0 Å². The van der Waals surface area contributed by atoms with E-state index in [-0.39, 0.29) is 19.0 Å². The Morgan fingerprint density at radius 1 is 1.32 bits per heavy atom. The summed E-state index contributed by atoms with van der Waals surface area (Å²) in [6.45, 7) is 2.01. The van der Waals surface area contributed by atoms with E-state index in [0.717, 1.165) is 16.4 Å². The molecule has 1 aliphatic rings. The predicted molar refractivity (Wildman–Crippen MR) is 64.9 cm³/mol. The molecule has 0 bridgehead atoms. The second-order valence-electron chi connectivity index (χ2n) is 4.76. The SMILES string of the molecule is CC(O)C1CCN(S(=O)(=O)c2cc(F)cc(F)c2)C1. The minimum Gasteiger partial charge on any atom is -0.393 e. The molecule has 0 aromatic heterocycles. The van der Waals surface area contributed by atoms with Crippen LogP contribution in [0.2, 0.25) is 0 Å². The lowest BCUT2D eigenvalue weighted by Crippen LogP contribution is -2.30. The first kappa shape index (κ1) is 14.4. The molecule has 2 rings (SSSR count). The predicted octanol–water partition coefficient (Wildman–Crippen LogP) is 1.36. The zero-order valence-electron chi connectivity index (χ0n) is 10.4. The molecule has 1 heterocycles. The van der Waals surface area contributed by atoms with Crippen molar-refractivity contribution in [1.29, 1.82) is 0 Å². The van der Waals surface area contributed by atoms with Gasteiger partial charge in [0, 0.05) is 19.2 Å². The average Bonchev–Trinajstić information content (AvgIpc) is 2.77. The molecule has 1 aliphatic heterocycles. The molecule has 19 heavy (non-hydrogen) atoms. The standard InChI is InChI=1S/C12H15F2NO3S/c1-8(16)9-2-3-15(7-9)19(17,18)12-5-10(13)4-11(14)6-12/h4-6,8-9,16H,2-3,7H2,1H3. The van der Waals surface area contributed by atoms with E-state index in [9.17, 15) is 22.3 Å². The molecule has 1 aromatic carbocycles. The first-order valence-electron chi connectivity index (χ1n) is 5.95. The van der Waals surface area contributed by atoms with Crippen molar-refractivity contribution in [1.82, 2.24) is 4.31 Å². The summed E-state index contributed by atoms with van der Waals surface area (Å²) in [5, 5.41) is 9.45. The normalized spacial score (nSPS) is 22.6. The molecule has 7 heteroatoms. The van der Waals surface area contributed by atoms with Gasteiger partial charge >= 0.3 is 0 Å². The fourth-order valence-electron chi connectivity index (χ4n) is 2.19. The fourth-order valence-corrected chi connectivity index (χ4v) is 3.75. The van der Waals surface area contributed by atoms with Crippen molar-refractivity contribution in [2.45, 2.75) is 24.3 Å². The van der Waals surface area contributed by atoms with Crippen LogP contribution >= 0.6 is 0 Å². The highest BCUT2D eigenvalue weighted by Crippen LogP contribution is 2.26. The summed E-state index contributed by atoms with van der Waals surface area (Å²) in [5.41, 5.74) is 0. The largest absolute Gasteiger partial charge is 0.393 e. The zero-order valence-corrected chi connectivity index (χ0v) is 11.2. The maximum atomic E-state index is 13.1. The van der Waals surface area contributed by atoms with Gasteiger partial charge in [0.25, 0.3) is 0 Å². The Kier molecular flexibility index (Phi) is 3.89. The molecule has 0 spiro atoms. The van der Waals surface area contributed by atoms with Gasteiger partial charge < -0.3 is 5.11 Å². The second-order valence-corrected chi connectivity index (χ2v) is 6.70. The molecule has 1 saturated heterocycles. The van der Waals surface area contributed by atoms with E-state index in [4.69, 9.17) is 0 Å². The number of sulfonamides is 1. The molecule has 0 aliphatic carbocycles. The zero-order chi connectivity index (χ0) is 14.2. The van der Waals surface area contributed by atoms with Crippen molar-refractivity contribution in [2.75, 3.05) is 13.1 Å². The molecule has 106 valence electrons. The van der Waals surface area contributed by atoms with Crippen molar-refractivity contribution in [2.24, 2.45) is 5.92 Å². The molecule has 1 fully saturated rings. The number of rotatable bonds is 3. The molecule has 1 aromatic rings. The molecular weight excluding hydrogens is 276 g/mol. The van der Waals surface area contributed by atoms with Crippen LogP contribution < -0.4 is 0 Å². The molecule has 2 unspecified atom stereocenters. The minimum absolute atomic E-state index is 0.145.